The van der Waals surface area contributed by atoms with Crippen LogP contribution in [0.2, 0.25) is 0 Å². The van der Waals surface area contributed by atoms with Crippen LogP contribution in [0.5, 0.6) is 0 Å². The molecule has 5 nitrogen and oxygen atoms in total. The number of fused-ring (bicyclic) bond motifs is 1. The molecule has 0 unspecified atom stereocenters. The van der Waals surface area contributed by atoms with Crippen LogP contribution in [0.4, 0.5) is 11.5 Å². The average Bonchev–Trinajstić information content (AvgIpc) is 3.10. The van der Waals surface area contributed by atoms with Gasteiger partial charge < -0.3 is 15.0 Å². The maximum atomic E-state index is 5.41. The fourth-order valence-electron chi connectivity index (χ4n) is 3.34. The van der Waals surface area contributed by atoms with Crippen molar-refractivity contribution in [3.05, 3.63) is 47.4 Å². The first kappa shape index (κ1) is 14.5. The van der Waals surface area contributed by atoms with Crippen molar-refractivity contribution in [2.45, 2.75) is 25.8 Å². The van der Waals surface area contributed by atoms with Gasteiger partial charge in [-0.25, -0.2) is 9.97 Å². The van der Waals surface area contributed by atoms with E-state index in [1.807, 2.05) is 0 Å². The van der Waals surface area contributed by atoms with Crippen molar-refractivity contribution >= 4 is 11.5 Å². The van der Waals surface area contributed by atoms with E-state index in [1.165, 1.54) is 28.9 Å². The van der Waals surface area contributed by atoms with Gasteiger partial charge >= 0.3 is 0 Å². The van der Waals surface area contributed by atoms with Crippen molar-refractivity contribution in [3.8, 4) is 0 Å². The molecule has 0 atom stereocenters. The molecule has 1 aromatic heterocycles. The molecule has 4 rings (SSSR count). The molecule has 1 aliphatic heterocycles. The normalized spacial score (nSPS) is 17.1. The maximum absolute atomic E-state index is 5.41. The van der Waals surface area contributed by atoms with E-state index in [4.69, 9.17) is 4.74 Å². The molecule has 1 N–H and O–H groups in total. The third-order valence-corrected chi connectivity index (χ3v) is 4.65. The number of aromatic nitrogens is 2. The molecule has 0 radical (unpaired) electrons. The SMILES string of the molecule is c1nc2c(c(NCc3ccc(N4CCOCC4)cc3)n1)CCC2. The summed E-state index contributed by atoms with van der Waals surface area (Å²) in [6, 6.07) is 8.79. The molecule has 23 heavy (non-hydrogen) atoms. The smallest absolute Gasteiger partial charge is 0.133 e. The van der Waals surface area contributed by atoms with Gasteiger partial charge in [0.05, 0.1) is 13.2 Å². The van der Waals surface area contributed by atoms with Crippen LogP contribution in [0.25, 0.3) is 0 Å². The van der Waals surface area contributed by atoms with E-state index in [2.05, 4.69) is 44.5 Å². The van der Waals surface area contributed by atoms with E-state index in [0.29, 0.717) is 0 Å². The Kier molecular flexibility index (Phi) is 4.11. The summed E-state index contributed by atoms with van der Waals surface area (Å²) in [5.74, 6) is 1.00. The Bertz CT molecular complexity index is 665. The second-order valence-corrected chi connectivity index (χ2v) is 6.12. The van der Waals surface area contributed by atoms with Crippen LogP contribution in [0.15, 0.2) is 30.6 Å². The van der Waals surface area contributed by atoms with Gasteiger partial charge in [0.25, 0.3) is 0 Å². The summed E-state index contributed by atoms with van der Waals surface area (Å²) < 4.78 is 5.41. The van der Waals surface area contributed by atoms with E-state index in [1.54, 1.807) is 6.33 Å². The zero-order valence-electron chi connectivity index (χ0n) is 13.3. The molecule has 2 heterocycles. The van der Waals surface area contributed by atoms with Gasteiger partial charge in [-0.1, -0.05) is 12.1 Å². The molecule has 2 aliphatic rings. The minimum absolute atomic E-state index is 0.798. The van der Waals surface area contributed by atoms with Gasteiger partial charge in [-0.05, 0) is 37.0 Å². The second kappa shape index (κ2) is 6.54. The Balaban J connectivity index is 1.41. The van der Waals surface area contributed by atoms with Gasteiger partial charge in [0.2, 0.25) is 0 Å². The molecule has 0 spiro atoms. The molecule has 0 saturated carbocycles. The van der Waals surface area contributed by atoms with Crippen molar-refractivity contribution < 1.29 is 4.74 Å². The number of nitrogens with zero attached hydrogens (tertiary/aromatic N) is 3. The predicted molar refractivity (Wildman–Crippen MR) is 90.9 cm³/mol. The predicted octanol–water partition coefficient (Wildman–Crippen LogP) is 2.41. The summed E-state index contributed by atoms with van der Waals surface area (Å²) in [4.78, 5) is 11.2. The molecule has 0 amide bonds. The lowest BCUT2D eigenvalue weighted by Crippen LogP contribution is -2.36. The van der Waals surface area contributed by atoms with Gasteiger partial charge in [0.15, 0.2) is 0 Å². The summed E-state index contributed by atoms with van der Waals surface area (Å²) in [5.41, 5.74) is 5.06. The number of rotatable bonds is 4. The highest BCUT2D eigenvalue weighted by Gasteiger charge is 2.16. The molecule has 5 heteroatoms. The van der Waals surface area contributed by atoms with Crippen molar-refractivity contribution in [1.82, 2.24) is 9.97 Å². The summed E-state index contributed by atoms with van der Waals surface area (Å²) in [6.45, 7) is 4.40. The number of aryl methyl sites for hydroxylation is 1. The summed E-state index contributed by atoms with van der Waals surface area (Å²) >= 11 is 0. The minimum atomic E-state index is 0.798. The molecule has 0 bridgehead atoms. The van der Waals surface area contributed by atoms with E-state index in [9.17, 15) is 0 Å². The third-order valence-electron chi connectivity index (χ3n) is 4.65. The summed E-state index contributed by atoms with van der Waals surface area (Å²) in [5, 5.41) is 3.48. The molecular weight excluding hydrogens is 288 g/mol. The molecule has 1 fully saturated rings. The van der Waals surface area contributed by atoms with Crippen LogP contribution < -0.4 is 10.2 Å². The Labute approximate surface area is 136 Å². The van der Waals surface area contributed by atoms with Crippen LogP contribution in [0.3, 0.4) is 0 Å². The molecule has 1 aliphatic carbocycles. The quantitative estimate of drug-likeness (QED) is 0.940. The number of hydrogen-bond donors (Lipinski definition) is 1. The first-order valence-corrected chi connectivity index (χ1v) is 8.38. The third kappa shape index (κ3) is 3.15. The average molecular weight is 310 g/mol. The largest absolute Gasteiger partial charge is 0.378 e. The van der Waals surface area contributed by atoms with Gasteiger partial charge in [0, 0.05) is 36.6 Å². The van der Waals surface area contributed by atoms with Crippen LogP contribution in [0, 0.1) is 0 Å². The van der Waals surface area contributed by atoms with Crippen LogP contribution in [-0.4, -0.2) is 36.3 Å². The van der Waals surface area contributed by atoms with Crippen LogP contribution in [0.1, 0.15) is 23.2 Å². The highest BCUT2D eigenvalue weighted by Crippen LogP contribution is 2.25. The standard InChI is InChI=1S/C18H22N4O/c1-2-16-17(3-1)20-13-21-18(16)19-12-14-4-6-15(7-5-14)22-8-10-23-11-9-22/h4-7,13H,1-3,8-12H2,(H,19,20,21). The lowest BCUT2D eigenvalue weighted by atomic mass is 10.1. The molecular formula is C18H22N4O. The molecule has 1 saturated heterocycles. The Morgan fingerprint density at radius 1 is 1.04 bits per heavy atom. The van der Waals surface area contributed by atoms with E-state index < -0.39 is 0 Å². The van der Waals surface area contributed by atoms with E-state index >= 15 is 0 Å². The van der Waals surface area contributed by atoms with Gasteiger partial charge in [-0.3, -0.25) is 0 Å². The Morgan fingerprint density at radius 3 is 2.70 bits per heavy atom. The fourth-order valence-corrected chi connectivity index (χ4v) is 3.34. The van der Waals surface area contributed by atoms with Gasteiger partial charge in [-0.2, -0.15) is 0 Å². The maximum Gasteiger partial charge on any atom is 0.133 e. The number of benzene rings is 1. The summed E-state index contributed by atoms with van der Waals surface area (Å²) in [7, 11) is 0. The van der Waals surface area contributed by atoms with Crippen molar-refractivity contribution in [1.29, 1.82) is 0 Å². The second-order valence-electron chi connectivity index (χ2n) is 6.12. The van der Waals surface area contributed by atoms with Crippen molar-refractivity contribution in [2.75, 3.05) is 36.5 Å². The van der Waals surface area contributed by atoms with E-state index in [-0.39, 0.29) is 0 Å². The van der Waals surface area contributed by atoms with Crippen molar-refractivity contribution in [3.63, 3.8) is 0 Å². The highest BCUT2D eigenvalue weighted by molar-refractivity contribution is 5.50. The monoisotopic (exact) mass is 310 g/mol. The van der Waals surface area contributed by atoms with E-state index in [0.717, 1.165) is 51.5 Å². The number of morpholine rings is 1. The van der Waals surface area contributed by atoms with Crippen LogP contribution in [-0.2, 0) is 24.1 Å². The molecule has 2 aromatic rings. The first-order chi connectivity index (χ1) is 11.4. The van der Waals surface area contributed by atoms with Crippen molar-refractivity contribution in [2.24, 2.45) is 0 Å². The fraction of sp³-hybridized carbons (Fsp3) is 0.444. The number of nitrogens with one attached hydrogen (secondary N) is 1. The van der Waals surface area contributed by atoms with Crippen LogP contribution >= 0.6 is 0 Å². The lowest BCUT2D eigenvalue weighted by molar-refractivity contribution is 0.122. The highest BCUT2D eigenvalue weighted by atomic mass is 16.5. The Morgan fingerprint density at radius 2 is 1.87 bits per heavy atom. The molecule has 1 aromatic carbocycles. The zero-order chi connectivity index (χ0) is 15.5. The number of hydrogen-bond acceptors (Lipinski definition) is 5. The van der Waals surface area contributed by atoms with Gasteiger partial charge in [-0.15, -0.1) is 0 Å². The topological polar surface area (TPSA) is 50.3 Å². The number of anilines is 2. The lowest BCUT2D eigenvalue weighted by Gasteiger charge is -2.28. The number of ether oxygens (including phenoxy) is 1. The summed E-state index contributed by atoms with van der Waals surface area (Å²) in [6.07, 6.45) is 5.04. The zero-order valence-corrected chi connectivity index (χ0v) is 13.3. The molecule has 120 valence electrons. The minimum Gasteiger partial charge on any atom is -0.378 e. The van der Waals surface area contributed by atoms with Gasteiger partial charge in [0.1, 0.15) is 12.1 Å². The first-order valence-electron chi connectivity index (χ1n) is 8.38. The Hall–Kier alpha value is -2.14.